The first-order valence-electron chi connectivity index (χ1n) is 10.4. The van der Waals surface area contributed by atoms with E-state index in [1.807, 2.05) is 13.8 Å². The summed E-state index contributed by atoms with van der Waals surface area (Å²) >= 11 is 3.43. The number of hydrogen-bond donors (Lipinski definition) is 1. The molecule has 178 valence electrons. The number of esters is 1. The van der Waals surface area contributed by atoms with E-state index in [0.717, 1.165) is 9.15 Å². The van der Waals surface area contributed by atoms with Crippen molar-refractivity contribution in [3.8, 4) is 22.9 Å². The number of H-pyrrole nitrogens is 1. The summed E-state index contributed by atoms with van der Waals surface area (Å²) < 4.78 is 23.4. The molecule has 10 nitrogen and oxygen atoms in total. The minimum atomic E-state index is -0.913. The van der Waals surface area contributed by atoms with E-state index in [1.165, 1.54) is 0 Å². The Morgan fingerprint density at radius 1 is 1.21 bits per heavy atom. The largest absolute Gasteiger partial charge is 0.496 e. The summed E-state index contributed by atoms with van der Waals surface area (Å²) in [5.74, 6) is 0.949. The van der Waals surface area contributed by atoms with Crippen molar-refractivity contribution >= 4 is 21.9 Å². The van der Waals surface area contributed by atoms with Crippen LogP contribution in [0.2, 0.25) is 0 Å². The molecule has 2 aromatic carbocycles. The Hall–Kier alpha value is -3.44. The van der Waals surface area contributed by atoms with Gasteiger partial charge in [-0.3, -0.25) is 9.78 Å². The fraction of sp³-hybridized carbons (Fsp3) is 0.304. The second-order valence-corrected chi connectivity index (χ2v) is 8.57. The highest BCUT2D eigenvalue weighted by molar-refractivity contribution is 9.10. The molecule has 34 heavy (non-hydrogen) atoms. The number of ether oxygens (including phenoxy) is 4. The van der Waals surface area contributed by atoms with E-state index >= 15 is 0 Å². The molecule has 1 atom stereocenters. The van der Waals surface area contributed by atoms with Gasteiger partial charge in [0.05, 0.1) is 30.5 Å². The minimum absolute atomic E-state index is 0.258. The predicted octanol–water partition coefficient (Wildman–Crippen LogP) is 3.05. The maximum absolute atomic E-state index is 12.5. The number of rotatable bonds is 6. The zero-order valence-electron chi connectivity index (χ0n) is 18.7. The van der Waals surface area contributed by atoms with Crippen LogP contribution in [0.4, 0.5) is 0 Å². The molecule has 0 aliphatic carbocycles. The third kappa shape index (κ3) is 4.90. The number of carbonyl (C=O) groups is 1. The number of benzene rings is 2. The molecular formula is C23H22BrN3O7. The molecule has 1 fully saturated rings. The zero-order chi connectivity index (χ0) is 24.4. The Balaban J connectivity index is 1.65. The standard InChI is InChI=1S/C23H22BrN3O7/c1-12-8-14(9-13(2)20(12)33-15-4-5-18(31-3)17(24)10-15)27-23(30)25-21(28)19(26-27)22(29)34-16-6-7-32-11-16/h4-5,8-10,16H,6-7,11H2,1-3H3,(H,25,28,30). The Bertz CT molecular complexity index is 1340. The maximum Gasteiger partial charge on any atom is 0.364 e. The summed E-state index contributed by atoms with van der Waals surface area (Å²) in [4.78, 5) is 39.3. The summed E-state index contributed by atoms with van der Waals surface area (Å²) in [6.45, 7) is 4.36. The summed E-state index contributed by atoms with van der Waals surface area (Å²) in [5, 5.41) is 3.99. The fourth-order valence-corrected chi connectivity index (χ4v) is 4.08. The number of methoxy groups -OCH3 is 1. The van der Waals surface area contributed by atoms with Gasteiger partial charge in [0, 0.05) is 6.42 Å². The van der Waals surface area contributed by atoms with Gasteiger partial charge in [0.1, 0.15) is 23.4 Å². The monoisotopic (exact) mass is 531 g/mol. The summed E-state index contributed by atoms with van der Waals surface area (Å²) in [6, 6.07) is 8.69. The molecule has 1 saturated heterocycles. The first kappa shape index (κ1) is 23.7. The molecule has 1 N–H and O–H groups in total. The van der Waals surface area contributed by atoms with E-state index in [0.29, 0.717) is 47.1 Å². The molecule has 3 aromatic rings. The Morgan fingerprint density at radius 3 is 2.56 bits per heavy atom. The SMILES string of the molecule is COc1ccc(Oc2c(C)cc(-n3nc(C(=O)OC4CCOC4)c(=O)[nH]c3=O)cc2C)cc1Br. The molecule has 0 bridgehead atoms. The van der Waals surface area contributed by atoms with Crippen LogP contribution in [0.3, 0.4) is 0 Å². The van der Waals surface area contributed by atoms with Crippen LogP contribution in [0.15, 0.2) is 44.4 Å². The van der Waals surface area contributed by atoms with Crippen LogP contribution in [-0.4, -0.2) is 47.2 Å². The quantitative estimate of drug-likeness (QED) is 0.481. The first-order valence-corrected chi connectivity index (χ1v) is 11.2. The molecule has 0 amide bonds. The molecule has 0 spiro atoms. The van der Waals surface area contributed by atoms with Crippen molar-refractivity contribution in [3.05, 3.63) is 72.5 Å². The first-order chi connectivity index (χ1) is 16.3. The van der Waals surface area contributed by atoms with Gasteiger partial charge < -0.3 is 18.9 Å². The fourth-order valence-electron chi connectivity index (χ4n) is 3.56. The normalized spacial score (nSPS) is 15.2. The second-order valence-electron chi connectivity index (χ2n) is 7.72. The number of aromatic amines is 1. The van der Waals surface area contributed by atoms with Crippen LogP contribution in [0.5, 0.6) is 17.2 Å². The lowest BCUT2D eigenvalue weighted by atomic mass is 10.1. The lowest BCUT2D eigenvalue weighted by Gasteiger charge is -2.15. The third-order valence-corrected chi connectivity index (χ3v) is 5.84. The molecule has 0 saturated carbocycles. The van der Waals surface area contributed by atoms with E-state index in [2.05, 4.69) is 26.0 Å². The van der Waals surface area contributed by atoms with E-state index in [9.17, 15) is 14.4 Å². The lowest BCUT2D eigenvalue weighted by Crippen LogP contribution is -2.37. The number of hydrogen-bond acceptors (Lipinski definition) is 8. The average molecular weight is 532 g/mol. The predicted molar refractivity (Wildman–Crippen MR) is 125 cm³/mol. The molecule has 0 radical (unpaired) electrons. The summed E-state index contributed by atoms with van der Waals surface area (Å²) in [7, 11) is 1.58. The highest BCUT2D eigenvalue weighted by Gasteiger charge is 2.25. The van der Waals surface area contributed by atoms with Crippen molar-refractivity contribution in [3.63, 3.8) is 0 Å². The van der Waals surface area contributed by atoms with Crippen LogP contribution < -0.4 is 20.7 Å². The zero-order valence-corrected chi connectivity index (χ0v) is 20.3. The van der Waals surface area contributed by atoms with Gasteiger partial charge in [0.25, 0.3) is 5.56 Å². The maximum atomic E-state index is 12.5. The van der Waals surface area contributed by atoms with Crippen LogP contribution in [0.1, 0.15) is 28.0 Å². The molecule has 11 heteroatoms. The van der Waals surface area contributed by atoms with Gasteiger partial charge in [-0.25, -0.2) is 9.59 Å². The number of nitrogens with one attached hydrogen (secondary N) is 1. The minimum Gasteiger partial charge on any atom is -0.496 e. The van der Waals surface area contributed by atoms with E-state index < -0.39 is 29.0 Å². The van der Waals surface area contributed by atoms with Crippen LogP contribution in [0, 0.1) is 13.8 Å². The topological polar surface area (TPSA) is 122 Å². The van der Waals surface area contributed by atoms with Gasteiger partial charge >= 0.3 is 11.7 Å². The number of carbonyl (C=O) groups excluding carboxylic acids is 1. The van der Waals surface area contributed by atoms with Crippen molar-refractivity contribution in [2.24, 2.45) is 0 Å². The van der Waals surface area contributed by atoms with Crippen molar-refractivity contribution in [1.82, 2.24) is 14.8 Å². The van der Waals surface area contributed by atoms with E-state index in [-0.39, 0.29) is 6.61 Å². The van der Waals surface area contributed by atoms with Crippen molar-refractivity contribution in [1.29, 1.82) is 0 Å². The van der Waals surface area contributed by atoms with E-state index in [1.54, 1.807) is 37.4 Å². The number of aromatic nitrogens is 3. The highest BCUT2D eigenvalue weighted by Crippen LogP contribution is 2.34. The van der Waals surface area contributed by atoms with Gasteiger partial charge in [-0.05, 0) is 71.2 Å². The average Bonchev–Trinajstić information content (AvgIpc) is 3.29. The highest BCUT2D eigenvalue weighted by atomic mass is 79.9. The van der Waals surface area contributed by atoms with E-state index in [4.69, 9.17) is 18.9 Å². The molecule has 1 aromatic heterocycles. The number of nitrogens with zero attached hydrogens (tertiary/aromatic N) is 2. The van der Waals surface area contributed by atoms with Crippen molar-refractivity contribution < 1.29 is 23.7 Å². The molecule has 1 aliphatic heterocycles. The molecule has 1 aliphatic rings. The smallest absolute Gasteiger partial charge is 0.364 e. The van der Waals surface area contributed by atoms with Crippen LogP contribution in [-0.2, 0) is 9.47 Å². The number of halogens is 1. The molecule has 1 unspecified atom stereocenters. The second kappa shape index (κ2) is 9.82. The molecular weight excluding hydrogens is 510 g/mol. The van der Waals surface area contributed by atoms with Crippen molar-refractivity contribution in [2.75, 3.05) is 20.3 Å². The van der Waals surface area contributed by atoms with Gasteiger partial charge in [-0.15, -0.1) is 0 Å². The Morgan fingerprint density at radius 2 is 1.94 bits per heavy atom. The lowest BCUT2D eigenvalue weighted by molar-refractivity contribution is 0.0259. The molecule has 4 rings (SSSR count). The Labute approximate surface area is 202 Å². The van der Waals surface area contributed by atoms with Gasteiger partial charge in [0.15, 0.2) is 0 Å². The third-order valence-electron chi connectivity index (χ3n) is 5.22. The van der Waals surface area contributed by atoms with Gasteiger partial charge in [-0.2, -0.15) is 9.78 Å². The van der Waals surface area contributed by atoms with Crippen LogP contribution in [0.25, 0.3) is 5.69 Å². The number of aryl methyl sites for hydroxylation is 2. The summed E-state index contributed by atoms with van der Waals surface area (Å²) in [5.41, 5.74) is -0.410. The van der Waals surface area contributed by atoms with Crippen LogP contribution >= 0.6 is 15.9 Å². The van der Waals surface area contributed by atoms with Gasteiger partial charge in [-0.1, -0.05) is 0 Å². The summed E-state index contributed by atoms with van der Waals surface area (Å²) in [6.07, 6.45) is 0.0847. The molecule has 2 heterocycles. The van der Waals surface area contributed by atoms with Gasteiger partial charge in [0.2, 0.25) is 5.69 Å². The van der Waals surface area contributed by atoms with Crippen molar-refractivity contribution in [2.45, 2.75) is 26.4 Å². The Kier molecular flexibility index (Phi) is 6.85.